The van der Waals surface area contributed by atoms with E-state index in [0.717, 1.165) is 5.56 Å². The number of hydrogen-bond acceptors (Lipinski definition) is 4. The third kappa shape index (κ3) is 2.33. The minimum Gasteiger partial charge on any atom is -0.493 e. The van der Waals surface area contributed by atoms with Gasteiger partial charge in [0.2, 0.25) is 0 Å². The maximum atomic E-state index is 11.9. The molecule has 1 heterocycles. The number of para-hydroxylation sites is 1. The molecule has 0 saturated heterocycles. The van der Waals surface area contributed by atoms with Crippen molar-refractivity contribution in [3.8, 4) is 5.75 Å². The Bertz CT molecular complexity index is 564. The van der Waals surface area contributed by atoms with Gasteiger partial charge < -0.3 is 9.84 Å². The van der Waals surface area contributed by atoms with Crippen LogP contribution in [0.25, 0.3) is 0 Å². The van der Waals surface area contributed by atoms with Gasteiger partial charge in [0.25, 0.3) is 0 Å². The Kier molecular flexibility index (Phi) is 3.30. The molecule has 1 aromatic rings. The van der Waals surface area contributed by atoms with Crippen molar-refractivity contribution in [2.45, 2.75) is 18.1 Å². The van der Waals surface area contributed by atoms with Gasteiger partial charge in [-0.15, -0.1) is 0 Å². The Morgan fingerprint density at radius 2 is 2.17 bits per heavy atom. The topological polar surface area (TPSA) is 80.7 Å². The van der Waals surface area contributed by atoms with Crippen molar-refractivity contribution in [1.29, 1.82) is 0 Å². The Morgan fingerprint density at radius 1 is 1.50 bits per heavy atom. The molecule has 1 aliphatic heterocycles. The number of fused-ring (bicyclic) bond motifs is 1. The molecule has 5 nitrogen and oxygen atoms in total. The van der Waals surface area contributed by atoms with E-state index in [9.17, 15) is 13.2 Å². The van der Waals surface area contributed by atoms with Gasteiger partial charge in [0.05, 0.1) is 12.4 Å². The maximum absolute atomic E-state index is 11.9. The molecule has 0 saturated carbocycles. The average Bonchev–Trinajstić information content (AvgIpc) is 2.71. The van der Waals surface area contributed by atoms with Crippen molar-refractivity contribution >= 4 is 15.8 Å². The molecule has 0 aromatic heterocycles. The molecule has 0 radical (unpaired) electrons. The van der Waals surface area contributed by atoms with E-state index in [0.29, 0.717) is 5.75 Å². The molecule has 2 unspecified atom stereocenters. The van der Waals surface area contributed by atoms with Gasteiger partial charge in [-0.25, -0.2) is 8.42 Å². The second-order valence-corrected chi connectivity index (χ2v) is 6.72. The second kappa shape index (κ2) is 4.61. The van der Waals surface area contributed by atoms with E-state index in [1.807, 2.05) is 18.2 Å². The summed E-state index contributed by atoms with van der Waals surface area (Å²) in [6.45, 7) is 1.48. The quantitative estimate of drug-likeness (QED) is 0.884. The fourth-order valence-electron chi connectivity index (χ4n) is 1.95. The van der Waals surface area contributed by atoms with Gasteiger partial charge in [-0.05, 0) is 13.0 Å². The van der Waals surface area contributed by atoms with E-state index < -0.39 is 21.1 Å². The molecular weight excluding hydrogens is 256 g/mol. The molecular formula is C12H14O5S. The number of rotatable bonds is 4. The van der Waals surface area contributed by atoms with Crippen LogP contribution in [-0.4, -0.2) is 37.1 Å². The van der Waals surface area contributed by atoms with Crippen LogP contribution >= 0.6 is 0 Å². The van der Waals surface area contributed by atoms with Crippen LogP contribution in [0.2, 0.25) is 0 Å². The van der Waals surface area contributed by atoms with Crippen LogP contribution in [0.15, 0.2) is 24.3 Å². The zero-order valence-corrected chi connectivity index (χ0v) is 10.7. The summed E-state index contributed by atoms with van der Waals surface area (Å²) >= 11 is 0. The standard InChI is InChI=1S/C12H14O5S/c1-8(12(13)14)18(15,16)7-9-6-17-11-5-3-2-4-10(9)11/h2-5,8-9H,6-7H2,1H3,(H,13,14). The van der Waals surface area contributed by atoms with E-state index in [4.69, 9.17) is 9.84 Å². The molecule has 0 aliphatic carbocycles. The van der Waals surface area contributed by atoms with Gasteiger partial charge in [-0.2, -0.15) is 0 Å². The zero-order valence-electron chi connectivity index (χ0n) is 9.87. The summed E-state index contributed by atoms with van der Waals surface area (Å²) in [6, 6.07) is 7.22. The van der Waals surface area contributed by atoms with Crippen LogP contribution in [0.5, 0.6) is 5.75 Å². The number of ether oxygens (including phenoxy) is 1. The largest absolute Gasteiger partial charge is 0.493 e. The number of aliphatic carboxylic acids is 1. The summed E-state index contributed by atoms with van der Waals surface area (Å²) in [6.07, 6.45) is 0. The minimum absolute atomic E-state index is 0.197. The van der Waals surface area contributed by atoms with E-state index in [-0.39, 0.29) is 18.3 Å². The van der Waals surface area contributed by atoms with Gasteiger partial charge in [-0.3, -0.25) is 4.79 Å². The first-order valence-electron chi connectivity index (χ1n) is 5.58. The van der Waals surface area contributed by atoms with Crippen LogP contribution in [0, 0.1) is 0 Å². The van der Waals surface area contributed by atoms with Crippen LogP contribution in [-0.2, 0) is 14.6 Å². The Balaban J connectivity index is 2.20. The van der Waals surface area contributed by atoms with Crippen molar-refractivity contribution in [2.24, 2.45) is 0 Å². The highest BCUT2D eigenvalue weighted by molar-refractivity contribution is 7.92. The molecule has 98 valence electrons. The molecule has 2 atom stereocenters. The van der Waals surface area contributed by atoms with E-state index in [2.05, 4.69) is 0 Å². The number of benzene rings is 1. The van der Waals surface area contributed by atoms with Crippen molar-refractivity contribution in [2.75, 3.05) is 12.4 Å². The molecule has 1 aliphatic rings. The van der Waals surface area contributed by atoms with Gasteiger partial charge in [0.15, 0.2) is 15.1 Å². The van der Waals surface area contributed by atoms with Crippen molar-refractivity contribution < 1.29 is 23.1 Å². The first kappa shape index (κ1) is 12.9. The Morgan fingerprint density at radius 3 is 2.83 bits per heavy atom. The van der Waals surface area contributed by atoms with Crippen LogP contribution < -0.4 is 4.74 Å². The van der Waals surface area contributed by atoms with E-state index >= 15 is 0 Å². The van der Waals surface area contributed by atoms with Crippen molar-refractivity contribution in [1.82, 2.24) is 0 Å². The first-order valence-corrected chi connectivity index (χ1v) is 7.29. The highest BCUT2D eigenvalue weighted by Crippen LogP contribution is 2.34. The van der Waals surface area contributed by atoms with Gasteiger partial charge in [-0.1, -0.05) is 18.2 Å². The summed E-state index contributed by atoms with van der Waals surface area (Å²) in [4.78, 5) is 10.8. The molecule has 18 heavy (non-hydrogen) atoms. The molecule has 0 spiro atoms. The number of sulfone groups is 1. The van der Waals surface area contributed by atoms with Crippen LogP contribution in [0.1, 0.15) is 18.4 Å². The average molecular weight is 270 g/mol. The highest BCUT2D eigenvalue weighted by Gasteiger charge is 2.34. The van der Waals surface area contributed by atoms with E-state index in [1.165, 1.54) is 6.92 Å². The molecule has 0 bridgehead atoms. The highest BCUT2D eigenvalue weighted by atomic mass is 32.2. The fraction of sp³-hybridized carbons (Fsp3) is 0.417. The predicted octanol–water partition coefficient (Wildman–Crippen LogP) is 1.05. The molecule has 1 N–H and O–H groups in total. The lowest BCUT2D eigenvalue weighted by Crippen LogP contribution is -2.31. The summed E-state index contributed by atoms with van der Waals surface area (Å²) in [5.74, 6) is -1.12. The summed E-state index contributed by atoms with van der Waals surface area (Å²) in [5.41, 5.74) is 0.832. The third-order valence-electron chi connectivity index (χ3n) is 3.12. The first-order chi connectivity index (χ1) is 8.42. The summed E-state index contributed by atoms with van der Waals surface area (Å²) in [7, 11) is -3.67. The molecule has 0 amide bonds. The zero-order chi connectivity index (χ0) is 13.3. The normalized spacial score (nSPS) is 19.9. The number of carboxylic acid groups (broad SMARTS) is 1. The maximum Gasteiger partial charge on any atom is 0.321 e. The van der Waals surface area contributed by atoms with Gasteiger partial charge in [0.1, 0.15) is 5.75 Å². The summed E-state index contributed by atoms with van der Waals surface area (Å²) in [5, 5.41) is 7.39. The molecule has 1 aromatic carbocycles. The molecule has 2 rings (SSSR count). The van der Waals surface area contributed by atoms with Crippen LogP contribution in [0.4, 0.5) is 0 Å². The Hall–Kier alpha value is -1.56. The second-order valence-electron chi connectivity index (χ2n) is 4.36. The lowest BCUT2D eigenvalue weighted by atomic mass is 10.0. The van der Waals surface area contributed by atoms with Crippen LogP contribution in [0.3, 0.4) is 0 Å². The number of carboxylic acids is 1. The predicted molar refractivity (Wildman–Crippen MR) is 65.6 cm³/mol. The summed E-state index contributed by atoms with van der Waals surface area (Å²) < 4.78 is 29.2. The SMILES string of the molecule is CC(C(=O)O)S(=O)(=O)CC1COc2ccccc21. The Labute approximate surface area is 105 Å². The monoisotopic (exact) mass is 270 g/mol. The smallest absolute Gasteiger partial charge is 0.321 e. The number of hydrogen-bond donors (Lipinski definition) is 1. The fourth-order valence-corrected chi connectivity index (χ4v) is 3.38. The molecule has 6 heteroatoms. The third-order valence-corrected chi connectivity index (χ3v) is 5.26. The van der Waals surface area contributed by atoms with Crippen molar-refractivity contribution in [3.63, 3.8) is 0 Å². The lowest BCUT2D eigenvalue weighted by Gasteiger charge is -2.12. The van der Waals surface area contributed by atoms with Gasteiger partial charge in [0, 0.05) is 11.5 Å². The minimum atomic E-state index is -3.67. The number of carbonyl (C=O) groups is 1. The van der Waals surface area contributed by atoms with Gasteiger partial charge >= 0.3 is 5.97 Å². The lowest BCUT2D eigenvalue weighted by molar-refractivity contribution is -0.136. The van der Waals surface area contributed by atoms with E-state index in [1.54, 1.807) is 6.07 Å². The van der Waals surface area contributed by atoms with Crippen molar-refractivity contribution in [3.05, 3.63) is 29.8 Å². The molecule has 0 fully saturated rings.